The summed E-state index contributed by atoms with van der Waals surface area (Å²) in [6.07, 6.45) is 0.915. The van der Waals surface area contributed by atoms with Crippen molar-refractivity contribution in [2.75, 3.05) is 22.2 Å². The van der Waals surface area contributed by atoms with Crippen LogP contribution in [0.5, 0.6) is 0 Å². The number of alkyl halides is 1. The maximum atomic E-state index is 11.6. The molecule has 1 unspecified atom stereocenters. The molecule has 0 saturated carbocycles. The van der Waals surface area contributed by atoms with E-state index in [0.29, 0.717) is 24.0 Å². The summed E-state index contributed by atoms with van der Waals surface area (Å²) in [4.78, 5) is 11.6. The van der Waals surface area contributed by atoms with Crippen LogP contribution in [0.3, 0.4) is 0 Å². The summed E-state index contributed by atoms with van der Waals surface area (Å²) >= 11 is 3.21. The van der Waals surface area contributed by atoms with Crippen LogP contribution in [0.2, 0.25) is 0 Å². The molecule has 0 radical (unpaired) electrons. The molecule has 1 aromatic rings. The molecule has 1 saturated heterocycles. The highest BCUT2D eigenvalue weighted by Crippen LogP contribution is 2.27. The summed E-state index contributed by atoms with van der Waals surface area (Å²) in [5.74, 6) is 0.741. The SMILES string of the molecule is Cc1cc(NC(=O)CCBr)n(C2CCS(=O)(=O)C2)n1. The first-order valence-electron chi connectivity index (χ1n) is 6.03. The Balaban J connectivity index is 2.19. The van der Waals surface area contributed by atoms with Gasteiger partial charge in [-0.15, -0.1) is 0 Å². The normalized spacial score (nSPS) is 21.5. The van der Waals surface area contributed by atoms with Crippen LogP contribution < -0.4 is 5.32 Å². The van der Waals surface area contributed by atoms with Crippen molar-refractivity contribution in [2.24, 2.45) is 0 Å². The zero-order valence-electron chi connectivity index (χ0n) is 10.6. The predicted molar refractivity (Wildman–Crippen MR) is 76.3 cm³/mol. The molecule has 6 nitrogen and oxygen atoms in total. The van der Waals surface area contributed by atoms with Gasteiger partial charge in [0, 0.05) is 17.8 Å². The minimum Gasteiger partial charge on any atom is -0.311 e. The van der Waals surface area contributed by atoms with E-state index in [2.05, 4.69) is 26.3 Å². The number of nitrogens with zero attached hydrogens (tertiary/aromatic N) is 2. The number of carbonyl (C=O) groups excluding carboxylic acids is 1. The number of rotatable bonds is 4. The Bertz CT molecular complexity index is 582. The first-order chi connectivity index (χ1) is 8.91. The molecule has 1 aromatic heterocycles. The summed E-state index contributed by atoms with van der Waals surface area (Å²) in [5.41, 5.74) is 0.762. The number of nitrogens with one attached hydrogen (secondary N) is 1. The Hall–Kier alpha value is -0.890. The number of halogens is 1. The molecule has 2 rings (SSSR count). The second kappa shape index (κ2) is 5.62. The monoisotopic (exact) mass is 349 g/mol. The van der Waals surface area contributed by atoms with Crippen molar-refractivity contribution in [3.63, 3.8) is 0 Å². The van der Waals surface area contributed by atoms with Crippen LogP contribution in [0.25, 0.3) is 0 Å². The lowest BCUT2D eigenvalue weighted by atomic mass is 10.3. The number of carbonyl (C=O) groups is 1. The maximum Gasteiger partial charge on any atom is 0.226 e. The molecule has 106 valence electrons. The molecule has 0 bridgehead atoms. The Kier molecular flexibility index (Phi) is 4.29. The first-order valence-corrected chi connectivity index (χ1v) is 8.98. The van der Waals surface area contributed by atoms with Crippen molar-refractivity contribution in [3.8, 4) is 0 Å². The Labute approximate surface area is 120 Å². The lowest BCUT2D eigenvalue weighted by Gasteiger charge is -2.13. The van der Waals surface area contributed by atoms with Gasteiger partial charge in [0.05, 0.1) is 23.2 Å². The number of aromatic nitrogens is 2. The van der Waals surface area contributed by atoms with Crippen LogP contribution in [0, 0.1) is 6.92 Å². The van der Waals surface area contributed by atoms with Gasteiger partial charge in [0.2, 0.25) is 5.91 Å². The third-order valence-electron chi connectivity index (χ3n) is 3.00. The summed E-state index contributed by atoms with van der Waals surface area (Å²) in [7, 11) is -2.97. The second-order valence-electron chi connectivity index (χ2n) is 4.66. The van der Waals surface area contributed by atoms with Gasteiger partial charge in [-0.05, 0) is 13.3 Å². The van der Waals surface area contributed by atoms with Crippen LogP contribution in [-0.4, -0.2) is 40.9 Å². The van der Waals surface area contributed by atoms with Crippen LogP contribution in [0.15, 0.2) is 6.07 Å². The van der Waals surface area contributed by atoms with Gasteiger partial charge in [-0.1, -0.05) is 15.9 Å². The largest absolute Gasteiger partial charge is 0.311 e. The molecule has 0 aromatic carbocycles. The minimum atomic E-state index is -2.97. The highest BCUT2D eigenvalue weighted by atomic mass is 79.9. The van der Waals surface area contributed by atoms with Crippen LogP contribution in [0.4, 0.5) is 5.82 Å². The van der Waals surface area contributed by atoms with E-state index >= 15 is 0 Å². The van der Waals surface area contributed by atoms with E-state index in [4.69, 9.17) is 0 Å². The Morgan fingerprint density at radius 1 is 1.63 bits per heavy atom. The highest BCUT2D eigenvalue weighted by Gasteiger charge is 2.31. The van der Waals surface area contributed by atoms with Crippen molar-refractivity contribution in [3.05, 3.63) is 11.8 Å². The minimum absolute atomic E-state index is 0.0927. The van der Waals surface area contributed by atoms with Crippen LogP contribution >= 0.6 is 15.9 Å². The topological polar surface area (TPSA) is 81.1 Å². The predicted octanol–water partition coefficient (Wildman–Crippen LogP) is 1.27. The molecule has 1 aliphatic rings. The molecule has 1 amide bonds. The van der Waals surface area contributed by atoms with Crippen LogP contribution in [0.1, 0.15) is 24.6 Å². The fourth-order valence-corrected chi connectivity index (χ4v) is 4.20. The number of hydrogen-bond acceptors (Lipinski definition) is 4. The fourth-order valence-electron chi connectivity index (χ4n) is 2.15. The lowest BCUT2D eigenvalue weighted by molar-refractivity contribution is -0.115. The average Bonchev–Trinajstić information content (AvgIpc) is 2.82. The molecule has 8 heteroatoms. The molecule has 0 aliphatic carbocycles. The van der Waals surface area contributed by atoms with Gasteiger partial charge in [0.25, 0.3) is 0 Å². The van der Waals surface area contributed by atoms with Gasteiger partial charge in [-0.3, -0.25) is 4.79 Å². The van der Waals surface area contributed by atoms with E-state index in [1.807, 2.05) is 6.92 Å². The summed E-state index contributed by atoms with van der Waals surface area (Å²) < 4.78 is 24.7. The molecule has 19 heavy (non-hydrogen) atoms. The average molecular weight is 350 g/mol. The van der Waals surface area contributed by atoms with Crippen LogP contribution in [-0.2, 0) is 14.6 Å². The molecule has 1 aliphatic heterocycles. The van der Waals surface area contributed by atoms with Crippen molar-refractivity contribution in [1.82, 2.24) is 9.78 Å². The van der Waals surface area contributed by atoms with E-state index < -0.39 is 9.84 Å². The molecule has 0 spiro atoms. The highest BCUT2D eigenvalue weighted by molar-refractivity contribution is 9.09. The van der Waals surface area contributed by atoms with Crippen molar-refractivity contribution in [2.45, 2.75) is 25.8 Å². The quantitative estimate of drug-likeness (QED) is 0.830. The van der Waals surface area contributed by atoms with E-state index in [1.54, 1.807) is 10.7 Å². The number of hydrogen-bond donors (Lipinski definition) is 1. The standard InChI is InChI=1S/C11H16BrN3O3S/c1-8-6-10(13-11(16)2-4-12)15(14-8)9-3-5-19(17,18)7-9/h6,9H,2-5,7H2,1H3,(H,13,16). The van der Waals surface area contributed by atoms with Gasteiger partial charge in [0.1, 0.15) is 5.82 Å². The van der Waals surface area contributed by atoms with Gasteiger partial charge in [0.15, 0.2) is 9.84 Å². The van der Waals surface area contributed by atoms with E-state index in [-0.39, 0.29) is 23.5 Å². The van der Waals surface area contributed by atoms with Gasteiger partial charge < -0.3 is 5.32 Å². The number of anilines is 1. The third-order valence-corrected chi connectivity index (χ3v) is 5.15. The number of amides is 1. The van der Waals surface area contributed by atoms with Gasteiger partial charge >= 0.3 is 0 Å². The van der Waals surface area contributed by atoms with Crippen molar-refractivity contribution >= 4 is 37.5 Å². The Morgan fingerprint density at radius 3 is 2.95 bits per heavy atom. The van der Waals surface area contributed by atoms with Crippen molar-refractivity contribution in [1.29, 1.82) is 0 Å². The summed E-state index contributed by atoms with van der Waals surface area (Å²) in [5, 5.41) is 7.66. The zero-order valence-corrected chi connectivity index (χ0v) is 13.0. The summed E-state index contributed by atoms with van der Waals surface area (Å²) in [6.45, 7) is 1.82. The third kappa shape index (κ3) is 3.56. The van der Waals surface area contributed by atoms with Gasteiger partial charge in [-0.25, -0.2) is 13.1 Å². The first kappa shape index (κ1) is 14.5. The van der Waals surface area contributed by atoms with Gasteiger partial charge in [-0.2, -0.15) is 5.10 Å². The molecule has 1 atom stereocenters. The molecule has 1 N–H and O–H groups in total. The van der Waals surface area contributed by atoms with E-state index in [0.717, 1.165) is 5.69 Å². The lowest BCUT2D eigenvalue weighted by Crippen LogP contribution is -2.19. The summed E-state index contributed by atoms with van der Waals surface area (Å²) in [6, 6.07) is 1.58. The molecule has 2 heterocycles. The number of aryl methyl sites for hydroxylation is 1. The van der Waals surface area contributed by atoms with Crippen molar-refractivity contribution < 1.29 is 13.2 Å². The molecular formula is C11H16BrN3O3S. The smallest absolute Gasteiger partial charge is 0.226 e. The fraction of sp³-hybridized carbons (Fsp3) is 0.636. The Morgan fingerprint density at radius 2 is 2.37 bits per heavy atom. The van der Waals surface area contributed by atoms with E-state index in [9.17, 15) is 13.2 Å². The van der Waals surface area contributed by atoms with E-state index in [1.165, 1.54) is 0 Å². The maximum absolute atomic E-state index is 11.6. The molecular weight excluding hydrogens is 334 g/mol. The second-order valence-corrected chi connectivity index (χ2v) is 7.68. The number of sulfone groups is 1. The zero-order chi connectivity index (χ0) is 14.0. The molecule has 1 fully saturated rings.